The number of urea groups is 1. The lowest BCUT2D eigenvalue weighted by Crippen LogP contribution is -2.33. The van der Waals surface area contributed by atoms with E-state index in [1.165, 1.54) is 4.90 Å². The Morgan fingerprint density at radius 3 is 2.44 bits per heavy atom. The predicted octanol–water partition coefficient (Wildman–Crippen LogP) is 1.69. The smallest absolute Gasteiger partial charge is 0.368 e. The molecule has 0 atom stereocenters. The van der Waals surface area contributed by atoms with Gasteiger partial charge in [0, 0.05) is 31.0 Å². The Labute approximate surface area is 180 Å². The number of alkyl halides is 3. The van der Waals surface area contributed by atoms with Crippen molar-refractivity contribution in [2.75, 3.05) is 24.5 Å². The van der Waals surface area contributed by atoms with E-state index in [0.29, 0.717) is 42.2 Å². The zero-order chi connectivity index (χ0) is 23.1. The van der Waals surface area contributed by atoms with E-state index in [1.54, 1.807) is 18.5 Å². The van der Waals surface area contributed by atoms with Gasteiger partial charge in [-0.05, 0) is 35.9 Å². The van der Waals surface area contributed by atoms with Crippen LogP contribution in [-0.4, -0.2) is 61.2 Å². The molecule has 9 nitrogen and oxygen atoms in total. The number of hydrogen-bond acceptors (Lipinski definition) is 7. The molecule has 0 aliphatic carbocycles. The Morgan fingerprint density at radius 1 is 1.09 bits per heavy atom. The summed E-state index contributed by atoms with van der Waals surface area (Å²) in [7, 11) is -5.53. The van der Waals surface area contributed by atoms with E-state index in [9.17, 15) is 31.2 Å². The molecule has 0 spiro atoms. The summed E-state index contributed by atoms with van der Waals surface area (Å²) >= 11 is 0. The van der Waals surface area contributed by atoms with Gasteiger partial charge in [-0.3, -0.25) is 14.8 Å². The second kappa shape index (κ2) is 7.89. The first-order valence-electron chi connectivity index (χ1n) is 9.34. The van der Waals surface area contributed by atoms with Crippen molar-refractivity contribution in [1.82, 2.24) is 15.2 Å². The molecular weight excluding hydrogens is 451 g/mol. The Kier molecular flexibility index (Phi) is 5.36. The number of benzene rings is 1. The molecule has 2 aromatic rings. The first-order valence-corrected chi connectivity index (χ1v) is 10.8. The first kappa shape index (κ1) is 21.7. The highest BCUT2D eigenvalue weighted by Gasteiger charge is 2.47. The molecule has 0 saturated carbocycles. The van der Waals surface area contributed by atoms with Crippen LogP contribution in [0.15, 0.2) is 52.6 Å². The quantitative estimate of drug-likeness (QED) is 0.670. The molecule has 3 amide bonds. The molecule has 0 unspecified atom stereocenters. The number of sulfone groups is 1. The van der Waals surface area contributed by atoms with Crippen LogP contribution in [0.5, 0.6) is 0 Å². The predicted molar refractivity (Wildman–Crippen MR) is 107 cm³/mol. The van der Waals surface area contributed by atoms with Gasteiger partial charge in [-0.25, -0.2) is 18.1 Å². The monoisotopic (exact) mass is 467 g/mol. The third kappa shape index (κ3) is 3.79. The zero-order valence-electron chi connectivity index (χ0n) is 16.3. The van der Waals surface area contributed by atoms with Crippen LogP contribution in [-0.2, 0) is 21.2 Å². The highest BCUT2D eigenvalue weighted by Crippen LogP contribution is 2.32. The highest BCUT2D eigenvalue weighted by molar-refractivity contribution is 7.92. The lowest BCUT2D eigenvalue weighted by atomic mass is 10.1. The zero-order valence-corrected chi connectivity index (χ0v) is 17.2. The molecular formula is C19H16F3N5O4S. The van der Waals surface area contributed by atoms with Gasteiger partial charge in [0.15, 0.2) is 0 Å². The van der Waals surface area contributed by atoms with E-state index >= 15 is 0 Å². The molecule has 13 heteroatoms. The number of amides is 3. The minimum atomic E-state index is -5.53. The van der Waals surface area contributed by atoms with E-state index < -0.39 is 32.2 Å². The molecule has 1 saturated heterocycles. The number of aliphatic imine (C=N–C) groups is 1. The summed E-state index contributed by atoms with van der Waals surface area (Å²) in [4.78, 5) is 34.9. The van der Waals surface area contributed by atoms with Crippen LogP contribution in [0.1, 0.15) is 11.1 Å². The second-order valence-corrected chi connectivity index (χ2v) is 8.94. The number of imide groups is 1. The summed E-state index contributed by atoms with van der Waals surface area (Å²) in [5, 5.41) is 3.12. The molecule has 1 fully saturated rings. The third-order valence-electron chi connectivity index (χ3n) is 4.95. The Hall–Kier alpha value is -3.48. The van der Waals surface area contributed by atoms with Crippen molar-refractivity contribution in [2.24, 2.45) is 4.99 Å². The van der Waals surface area contributed by atoms with Crippen molar-refractivity contribution in [3.8, 4) is 0 Å². The van der Waals surface area contributed by atoms with Gasteiger partial charge in [0.05, 0.1) is 17.1 Å². The number of pyridine rings is 1. The summed E-state index contributed by atoms with van der Waals surface area (Å²) in [6, 6.07) is 4.44. The summed E-state index contributed by atoms with van der Waals surface area (Å²) in [5.41, 5.74) is -4.07. The summed E-state index contributed by atoms with van der Waals surface area (Å²) in [5.74, 6) is 0.0535. The number of aromatic nitrogens is 1. The van der Waals surface area contributed by atoms with E-state index in [0.717, 1.165) is 17.0 Å². The summed E-state index contributed by atoms with van der Waals surface area (Å²) in [6.07, 6.45) is 3.15. The van der Waals surface area contributed by atoms with Crippen LogP contribution in [0.25, 0.3) is 0 Å². The lowest BCUT2D eigenvalue weighted by Gasteiger charge is -2.19. The van der Waals surface area contributed by atoms with E-state index in [2.05, 4.69) is 15.3 Å². The SMILES string of the molecule is O=C1CN(Cc2ccncc2C2=NCCN2)C(=O)N1c1ccc(S(=O)(=O)C(F)(F)F)cc1. The Bertz CT molecular complexity index is 1210. The van der Waals surface area contributed by atoms with Crippen LogP contribution in [0.4, 0.5) is 23.7 Å². The summed E-state index contributed by atoms with van der Waals surface area (Å²) in [6.45, 7) is 1.13. The largest absolute Gasteiger partial charge is 0.501 e. The van der Waals surface area contributed by atoms with Gasteiger partial charge >= 0.3 is 11.5 Å². The minimum Gasteiger partial charge on any atom is -0.368 e. The molecule has 1 aromatic carbocycles. The molecule has 168 valence electrons. The maximum atomic E-state index is 12.9. The topological polar surface area (TPSA) is 112 Å². The van der Waals surface area contributed by atoms with Gasteiger partial charge in [-0.1, -0.05) is 0 Å². The molecule has 1 aromatic heterocycles. The van der Waals surface area contributed by atoms with Gasteiger partial charge in [0.1, 0.15) is 12.4 Å². The molecule has 0 bridgehead atoms. The van der Waals surface area contributed by atoms with Crippen molar-refractivity contribution in [1.29, 1.82) is 0 Å². The summed E-state index contributed by atoms with van der Waals surface area (Å²) < 4.78 is 61.2. The minimum absolute atomic E-state index is 0.0274. The van der Waals surface area contributed by atoms with Crippen molar-refractivity contribution < 1.29 is 31.2 Å². The molecule has 32 heavy (non-hydrogen) atoms. The average Bonchev–Trinajstić information content (AvgIpc) is 3.36. The maximum Gasteiger partial charge on any atom is 0.501 e. The average molecular weight is 467 g/mol. The number of rotatable bonds is 5. The number of carbonyl (C=O) groups is 2. The number of halogens is 3. The third-order valence-corrected chi connectivity index (χ3v) is 6.45. The van der Waals surface area contributed by atoms with Crippen molar-refractivity contribution in [3.63, 3.8) is 0 Å². The van der Waals surface area contributed by atoms with Gasteiger partial charge in [-0.2, -0.15) is 13.2 Å². The van der Waals surface area contributed by atoms with Crippen LogP contribution < -0.4 is 10.2 Å². The number of hydrogen-bond donors (Lipinski definition) is 1. The second-order valence-electron chi connectivity index (χ2n) is 7.00. The Morgan fingerprint density at radius 2 is 1.81 bits per heavy atom. The van der Waals surface area contributed by atoms with E-state index in [1.807, 2.05) is 0 Å². The van der Waals surface area contributed by atoms with E-state index in [-0.39, 0.29) is 18.8 Å². The van der Waals surface area contributed by atoms with Crippen molar-refractivity contribution in [3.05, 3.63) is 53.9 Å². The molecule has 2 aliphatic heterocycles. The fraction of sp³-hybridized carbons (Fsp3) is 0.263. The highest BCUT2D eigenvalue weighted by atomic mass is 32.2. The van der Waals surface area contributed by atoms with Crippen molar-refractivity contribution >= 4 is 33.3 Å². The normalized spacial score (nSPS) is 17.0. The van der Waals surface area contributed by atoms with Crippen LogP contribution >= 0.6 is 0 Å². The molecule has 1 N–H and O–H groups in total. The number of nitrogens with one attached hydrogen (secondary N) is 1. The number of amidine groups is 1. The molecule has 0 radical (unpaired) electrons. The van der Waals surface area contributed by atoms with Gasteiger partial charge in [0.25, 0.3) is 15.7 Å². The number of carbonyl (C=O) groups excluding carboxylic acids is 2. The lowest BCUT2D eigenvalue weighted by molar-refractivity contribution is -0.116. The fourth-order valence-corrected chi connectivity index (χ4v) is 4.16. The number of anilines is 1. The van der Waals surface area contributed by atoms with Gasteiger partial charge in [-0.15, -0.1) is 0 Å². The van der Waals surface area contributed by atoms with E-state index in [4.69, 9.17) is 0 Å². The van der Waals surface area contributed by atoms with Crippen molar-refractivity contribution in [2.45, 2.75) is 16.9 Å². The molecule has 2 aliphatic rings. The number of nitrogens with zero attached hydrogens (tertiary/aromatic N) is 4. The standard InChI is InChI=1S/C19H16F3N5O4S/c20-19(21,22)32(30,31)14-3-1-13(2-4-14)27-16(28)11-26(18(27)29)10-12-5-6-23-9-15(12)17-24-7-8-25-17/h1-6,9H,7-8,10-11H2,(H,24,25). The van der Waals surface area contributed by atoms with Crippen LogP contribution in [0, 0.1) is 0 Å². The molecule has 4 rings (SSSR count). The molecule has 3 heterocycles. The van der Waals surface area contributed by atoms with Gasteiger partial charge < -0.3 is 10.2 Å². The first-order chi connectivity index (χ1) is 15.1. The van der Waals surface area contributed by atoms with Crippen LogP contribution in [0.3, 0.4) is 0 Å². The Balaban J connectivity index is 1.56. The van der Waals surface area contributed by atoms with Gasteiger partial charge in [0.2, 0.25) is 0 Å². The van der Waals surface area contributed by atoms with Crippen LogP contribution in [0.2, 0.25) is 0 Å². The maximum absolute atomic E-state index is 12.9. The fourth-order valence-electron chi connectivity index (χ4n) is 3.39.